The first-order valence-corrected chi connectivity index (χ1v) is 9.50. The lowest BCUT2D eigenvalue weighted by atomic mass is 9.78. The first-order valence-electron chi connectivity index (χ1n) is 9.50. The fourth-order valence-corrected chi connectivity index (χ4v) is 3.84. The summed E-state index contributed by atoms with van der Waals surface area (Å²) in [7, 11) is 0. The molecule has 0 bridgehead atoms. The van der Waals surface area contributed by atoms with E-state index in [0.717, 1.165) is 12.3 Å². The summed E-state index contributed by atoms with van der Waals surface area (Å²) >= 11 is 0. The van der Waals surface area contributed by atoms with E-state index >= 15 is 0 Å². The Balaban J connectivity index is 1.60. The molecule has 2 aliphatic heterocycles. The van der Waals surface area contributed by atoms with Crippen LogP contribution in [0.3, 0.4) is 0 Å². The fourth-order valence-electron chi connectivity index (χ4n) is 3.84. The predicted molar refractivity (Wildman–Crippen MR) is 104 cm³/mol. The Morgan fingerprint density at radius 2 is 2.16 bits per heavy atom. The van der Waals surface area contributed by atoms with Crippen molar-refractivity contribution < 1.29 is 36.6 Å². The number of fused-ring (bicyclic) bond motifs is 1. The number of pyridine rings is 1. The van der Waals surface area contributed by atoms with Crippen LogP contribution in [0.5, 0.6) is 5.75 Å². The van der Waals surface area contributed by atoms with E-state index in [1.165, 1.54) is 24.3 Å². The average molecular weight is 454 g/mol. The van der Waals surface area contributed by atoms with Crippen molar-refractivity contribution in [3.8, 4) is 5.75 Å². The normalized spacial score (nSPS) is 24.5. The number of alkyl halides is 3. The fraction of sp³-hybridized carbons (Fsp3) is 0.350. The maximum absolute atomic E-state index is 14.9. The Bertz CT molecular complexity index is 1040. The molecule has 0 spiro atoms. The summed E-state index contributed by atoms with van der Waals surface area (Å²) in [5.41, 5.74) is 4.59. The van der Waals surface area contributed by atoms with E-state index < -0.39 is 42.6 Å². The summed E-state index contributed by atoms with van der Waals surface area (Å²) < 4.78 is 67.7. The number of hydrogen-bond acceptors (Lipinski definition) is 7. The minimum Gasteiger partial charge on any atom is -0.465 e. The Morgan fingerprint density at radius 1 is 1.34 bits per heavy atom. The van der Waals surface area contributed by atoms with Crippen molar-refractivity contribution in [2.24, 2.45) is 16.6 Å². The van der Waals surface area contributed by atoms with Gasteiger partial charge in [0.1, 0.15) is 29.5 Å². The van der Waals surface area contributed by atoms with Gasteiger partial charge < -0.3 is 25.3 Å². The number of amides is 1. The number of benzene rings is 1. The second-order valence-corrected chi connectivity index (χ2v) is 7.20. The molecule has 2 aliphatic rings. The summed E-state index contributed by atoms with van der Waals surface area (Å²) in [6, 6.07) is 6.01. The van der Waals surface area contributed by atoms with Crippen LogP contribution in [-0.4, -0.2) is 49.5 Å². The average Bonchev–Trinajstić information content (AvgIpc) is 3.13. The Labute approximate surface area is 179 Å². The molecule has 32 heavy (non-hydrogen) atoms. The zero-order valence-electron chi connectivity index (χ0n) is 16.4. The molecule has 3 unspecified atom stereocenters. The molecule has 1 amide bonds. The van der Waals surface area contributed by atoms with Crippen molar-refractivity contribution >= 4 is 17.6 Å². The number of amidine groups is 1. The summed E-state index contributed by atoms with van der Waals surface area (Å²) in [6.07, 6.45) is 0.135. The highest BCUT2D eigenvalue weighted by molar-refractivity contribution is 6.02. The minimum atomic E-state index is -3.02. The molecule has 8 nitrogen and oxygen atoms in total. The molecule has 3 atom stereocenters. The molecule has 1 aromatic carbocycles. The lowest BCUT2D eigenvalue weighted by Crippen LogP contribution is -2.45. The smallest absolute Gasteiger partial charge is 0.387 e. The third-order valence-electron chi connectivity index (χ3n) is 5.34. The molecule has 1 fully saturated rings. The second-order valence-electron chi connectivity index (χ2n) is 7.20. The highest BCUT2D eigenvalue weighted by atomic mass is 19.3. The number of halogens is 4. The van der Waals surface area contributed by atoms with Crippen LogP contribution in [0, 0.1) is 11.7 Å². The largest absolute Gasteiger partial charge is 0.465 e. The van der Waals surface area contributed by atoms with Crippen LogP contribution in [0.15, 0.2) is 41.5 Å². The Hall–Kier alpha value is -3.41. The van der Waals surface area contributed by atoms with Gasteiger partial charge in [0.25, 0.3) is 11.9 Å². The lowest BCUT2D eigenvalue weighted by Gasteiger charge is -2.35. The van der Waals surface area contributed by atoms with Gasteiger partial charge in [-0.1, -0.05) is 0 Å². The van der Waals surface area contributed by atoms with Crippen LogP contribution in [0.25, 0.3) is 0 Å². The molecule has 0 radical (unpaired) electrons. The van der Waals surface area contributed by atoms with Crippen molar-refractivity contribution in [1.29, 1.82) is 0 Å². The number of anilines is 1. The van der Waals surface area contributed by atoms with Gasteiger partial charge in [-0.15, -0.1) is 0 Å². The van der Waals surface area contributed by atoms with E-state index in [4.69, 9.17) is 15.2 Å². The van der Waals surface area contributed by atoms with E-state index in [9.17, 15) is 22.4 Å². The van der Waals surface area contributed by atoms with Crippen molar-refractivity contribution in [2.45, 2.75) is 18.3 Å². The molecule has 1 aromatic heterocycles. The third kappa shape index (κ3) is 4.05. The molecule has 0 aliphatic carbocycles. The summed E-state index contributed by atoms with van der Waals surface area (Å²) in [6.45, 7) is -3.94. The highest BCUT2D eigenvalue weighted by Crippen LogP contribution is 2.46. The molecule has 3 heterocycles. The third-order valence-corrected chi connectivity index (χ3v) is 5.34. The second kappa shape index (κ2) is 8.61. The number of carbonyl (C=O) groups is 1. The number of carbonyl (C=O) groups excluding carboxylic acids is 1. The van der Waals surface area contributed by atoms with Crippen LogP contribution in [-0.2, 0) is 15.0 Å². The summed E-state index contributed by atoms with van der Waals surface area (Å²) in [5.74, 6) is -2.13. The predicted octanol–water partition coefficient (Wildman–Crippen LogP) is 2.60. The number of hydrogen-bond donors (Lipinski definition) is 2. The van der Waals surface area contributed by atoms with E-state index in [1.54, 1.807) is 0 Å². The van der Waals surface area contributed by atoms with E-state index in [-0.39, 0.29) is 41.9 Å². The molecule has 12 heteroatoms. The Morgan fingerprint density at radius 3 is 2.84 bits per heavy atom. The number of nitrogens with two attached hydrogens (primary N) is 1. The molecule has 4 rings (SSSR count). The molecular formula is C20H18F4N4O4. The maximum Gasteiger partial charge on any atom is 0.387 e. The van der Waals surface area contributed by atoms with Gasteiger partial charge in [-0.3, -0.25) is 4.79 Å². The van der Waals surface area contributed by atoms with Crippen LogP contribution in [0.1, 0.15) is 16.1 Å². The van der Waals surface area contributed by atoms with Gasteiger partial charge in [0.15, 0.2) is 0 Å². The highest BCUT2D eigenvalue weighted by Gasteiger charge is 2.55. The number of nitrogens with zero attached hydrogens (tertiary/aromatic N) is 2. The summed E-state index contributed by atoms with van der Waals surface area (Å²) in [4.78, 5) is 20.5. The van der Waals surface area contributed by atoms with Gasteiger partial charge in [-0.05, 0) is 30.3 Å². The van der Waals surface area contributed by atoms with Crippen molar-refractivity contribution in [1.82, 2.24) is 4.98 Å². The number of rotatable bonds is 6. The van der Waals surface area contributed by atoms with Gasteiger partial charge in [-0.2, -0.15) is 8.78 Å². The molecule has 3 N–H and O–H groups in total. The standard InChI is InChI=1S/C20H18F4N4O4/c21-6-16-13-8-30-19(25)28-20(13,9-31-16)12-5-10(1-3-14(12)22)27-17(29)15-4-2-11(7-26-15)32-18(23)24/h1-5,7,13,16,18H,6,8-9H2,(H2,25,28)(H,27,29). The molecular weight excluding hydrogens is 436 g/mol. The number of ether oxygens (including phenoxy) is 3. The van der Waals surface area contributed by atoms with Crippen LogP contribution < -0.4 is 15.8 Å². The molecule has 1 saturated heterocycles. The maximum atomic E-state index is 14.9. The number of aliphatic imine (C=N–C) groups is 1. The first-order chi connectivity index (χ1) is 15.3. The van der Waals surface area contributed by atoms with E-state index in [2.05, 4.69) is 20.0 Å². The van der Waals surface area contributed by atoms with Crippen LogP contribution in [0.4, 0.5) is 23.2 Å². The Kier molecular flexibility index (Phi) is 5.87. The zero-order chi connectivity index (χ0) is 22.9. The van der Waals surface area contributed by atoms with Gasteiger partial charge in [0.05, 0.1) is 31.4 Å². The van der Waals surface area contributed by atoms with Gasteiger partial charge in [0, 0.05) is 11.3 Å². The monoisotopic (exact) mass is 454 g/mol. The molecule has 0 saturated carbocycles. The van der Waals surface area contributed by atoms with E-state index in [1.807, 2.05) is 0 Å². The molecule has 170 valence electrons. The van der Waals surface area contributed by atoms with Crippen molar-refractivity contribution in [3.05, 3.63) is 53.6 Å². The van der Waals surface area contributed by atoms with E-state index in [0.29, 0.717) is 0 Å². The minimum absolute atomic E-state index is 0.00307. The van der Waals surface area contributed by atoms with Gasteiger partial charge >= 0.3 is 6.61 Å². The summed E-state index contributed by atoms with van der Waals surface area (Å²) in [5, 5.41) is 2.56. The van der Waals surface area contributed by atoms with Crippen molar-refractivity contribution in [2.75, 3.05) is 25.2 Å². The quantitative estimate of drug-likeness (QED) is 0.650. The number of nitrogens with one attached hydrogen (secondary N) is 1. The SMILES string of the molecule is NC1=NC2(c3cc(NC(=O)c4ccc(OC(F)F)cn4)ccc3F)COC(CF)C2CO1. The van der Waals surface area contributed by atoms with Crippen molar-refractivity contribution in [3.63, 3.8) is 0 Å². The van der Waals surface area contributed by atoms with Crippen LogP contribution in [0.2, 0.25) is 0 Å². The van der Waals surface area contributed by atoms with Gasteiger partial charge in [0.2, 0.25) is 0 Å². The topological polar surface area (TPSA) is 108 Å². The van der Waals surface area contributed by atoms with Gasteiger partial charge in [-0.25, -0.2) is 18.8 Å². The first kappa shape index (κ1) is 21.8. The number of aromatic nitrogens is 1. The zero-order valence-corrected chi connectivity index (χ0v) is 16.4. The molecule has 2 aromatic rings. The lowest BCUT2D eigenvalue weighted by molar-refractivity contribution is -0.0500. The van der Waals surface area contributed by atoms with Crippen LogP contribution >= 0.6 is 0 Å².